The number of aromatic nitrogens is 1. The van der Waals surface area contributed by atoms with Crippen LogP contribution >= 0.6 is 0 Å². The molecule has 0 radical (unpaired) electrons. The molecule has 1 N–H and O–H groups in total. The second-order valence-electron chi connectivity index (χ2n) is 2.97. The molecule has 1 rings (SSSR count). The highest BCUT2D eigenvalue weighted by atomic mass is 19.1. The third kappa shape index (κ3) is 4.51. The van der Waals surface area contributed by atoms with Crippen molar-refractivity contribution in [1.29, 1.82) is 0 Å². The number of nitrogens with zero attached hydrogens (tertiary/aromatic N) is 1. The molecule has 0 aliphatic carbocycles. The molecule has 82 valence electrons. The second-order valence-corrected chi connectivity index (χ2v) is 2.97. The normalized spacial score (nSPS) is 10.0. The predicted molar refractivity (Wildman–Crippen MR) is 53.9 cm³/mol. The van der Waals surface area contributed by atoms with Crippen LogP contribution in [0.5, 0.6) is 0 Å². The molecule has 0 bridgehead atoms. The van der Waals surface area contributed by atoms with Gasteiger partial charge in [-0.1, -0.05) is 6.92 Å². The summed E-state index contributed by atoms with van der Waals surface area (Å²) < 4.78 is 17.5. The van der Waals surface area contributed by atoms with Crippen molar-refractivity contribution in [3.8, 4) is 0 Å². The lowest BCUT2D eigenvalue weighted by atomic mass is 10.4. The lowest BCUT2D eigenvalue weighted by Gasteiger charge is -2.04. The molecule has 0 aliphatic heterocycles. The second kappa shape index (κ2) is 6.08. The Bertz CT molecular complexity index is 314. The first-order valence-corrected chi connectivity index (χ1v) is 4.71. The van der Waals surface area contributed by atoms with E-state index in [9.17, 15) is 9.18 Å². The molecule has 0 saturated heterocycles. The molecule has 1 aromatic rings. The van der Waals surface area contributed by atoms with E-state index >= 15 is 0 Å². The van der Waals surface area contributed by atoms with E-state index < -0.39 is 5.95 Å². The number of rotatable bonds is 5. The predicted octanol–water partition coefficient (Wildman–Crippen LogP) is 1.59. The summed E-state index contributed by atoms with van der Waals surface area (Å²) in [5.41, 5.74) is 0.460. The first-order valence-electron chi connectivity index (χ1n) is 4.71. The minimum atomic E-state index is -0.574. The number of pyridine rings is 1. The maximum absolute atomic E-state index is 12.4. The van der Waals surface area contributed by atoms with E-state index in [1.54, 1.807) is 0 Å². The molecule has 1 heterocycles. The number of hydrogen-bond donors (Lipinski definition) is 1. The van der Waals surface area contributed by atoms with Crippen LogP contribution in [0.25, 0.3) is 0 Å². The smallest absolute Gasteiger partial charge is 0.250 e. The zero-order valence-corrected chi connectivity index (χ0v) is 8.50. The molecule has 15 heavy (non-hydrogen) atoms. The van der Waals surface area contributed by atoms with Crippen LogP contribution in [-0.4, -0.2) is 24.1 Å². The summed E-state index contributed by atoms with van der Waals surface area (Å²) in [5.74, 6) is -0.841. The standard InChI is InChI=1S/C10H13FN2O2/c1-2-5-15-7-10(14)13-8-3-4-9(11)12-6-8/h3-4,6H,2,5,7H2,1H3,(H,13,14). The summed E-state index contributed by atoms with van der Waals surface area (Å²) in [7, 11) is 0. The highest BCUT2D eigenvalue weighted by Gasteiger charge is 2.02. The number of ether oxygens (including phenoxy) is 1. The van der Waals surface area contributed by atoms with E-state index in [0.29, 0.717) is 12.3 Å². The van der Waals surface area contributed by atoms with E-state index in [4.69, 9.17) is 4.74 Å². The molecule has 1 amide bonds. The summed E-state index contributed by atoms with van der Waals surface area (Å²) in [6, 6.07) is 2.63. The van der Waals surface area contributed by atoms with Gasteiger partial charge < -0.3 is 10.1 Å². The fourth-order valence-electron chi connectivity index (χ4n) is 0.956. The molecule has 0 saturated carbocycles. The number of amides is 1. The Hall–Kier alpha value is -1.49. The first kappa shape index (κ1) is 11.6. The van der Waals surface area contributed by atoms with Crippen molar-refractivity contribution in [3.63, 3.8) is 0 Å². The van der Waals surface area contributed by atoms with Gasteiger partial charge in [-0.25, -0.2) is 4.98 Å². The molecular formula is C10H13FN2O2. The highest BCUT2D eigenvalue weighted by molar-refractivity contribution is 5.91. The molecule has 0 aliphatic rings. The molecule has 0 spiro atoms. The van der Waals surface area contributed by atoms with Crippen molar-refractivity contribution in [3.05, 3.63) is 24.3 Å². The van der Waals surface area contributed by atoms with Gasteiger partial charge in [0.1, 0.15) is 6.61 Å². The van der Waals surface area contributed by atoms with Gasteiger partial charge in [-0.3, -0.25) is 4.79 Å². The molecule has 5 heteroatoms. The maximum Gasteiger partial charge on any atom is 0.250 e. The lowest BCUT2D eigenvalue weighted by molar-refractivity contribution is -0.120. The minimum absolute atomic E-state index is 0.00518. The van der Waals surface area contributed by atoms with E-state index in [2.05, 4.69) is 10.3 Å². The Morgan fingerprint density at radius 3 is 3.00 bits per heavy atom. The van der Waals surface area contributed by atoms with E-state index in [1.807, 2.05) is 6.92 Å². The van der Waals surface area contributed by atoms with Crippen LogP contribution in [0, 0.1) is 5.95 Å². The maximum atomic E-state index is 12.4. The Kier molecular flexibility index (Phi) is 4.70. The van der Waals surface area contributed by atoms with Crippen molar-refractivity contribution in [2.45, 2.75) is 13.3 Å². The number of carbonyl (C=O) groups excluding carboxylic acids is 1. The van der Waals surface area contributed by atoms with Crippen LogP contribution in [0.15, 0.2) is 18.3 Å². The molecule has 4 nitrogen and oxygen atoms in total. The Labute approximate surface area is 87.5 Å². The van der Waals surface area contributed by atoms with Crippen LogP contribution in [-0.2, 0) is 9.53 Å². The molecular weight excluding hydrogens is 199 g/mol. The summed E-state index contributed by atoms with van der Waals surface area (Å²) in [5, 5.41) is 2.53. The van der Waals surface area contributed by atoms with Gasteiger partial charge in [-0.15, -0.1) is 0 Å². The van der Waals surface area contributed by atoms with Gasteiger partial charge in [-0.05, 0) is 18.6 Å². The number of anilines is 1. The number of halogens is 1. The van der Waals surface area contributed by atoms with Crippen molar-refractivity contribution >= 4 is 11.6 Å². The van der Waals surface area contributed by atoms with Gasteiger partial charge in [0.15, 0.2) is 0 Å². The molecule has 0 unspecified atom stereocenters. The Balaban J connectivity index is 2.34. The van der Waals surface area contributed by atoms with Crippen molar-refractivity contribution in [2.24, 2.45) is 0 Å². The van der Waals surface area contributed by atoms with E-state index in [1.165, 1.54) is 18.3 Å². The van der Waals surface area contributed by atoms with Gasteiger partial charge in [0.05, 0.1) is 11.9 Å². The largest absolute Gasteiger partial charge is 0.372 e. The summed E-state index contributed by atoms with van der Waals surface area (Å²) in [6.45, 7) is 2.52. The Morgan fingerprint density at radius 2 is 2.40 bits per heavy atom. The molecule has 0 fully saturated rings. The topological polar surface area (TPSA) is 51.2 Å². The van der Waals surface area contributed by atoms with Crippen molar-refractivity contribution in [2.75, 3.05) is 18.5 Å². The Morgan fingerprint density at radius 1 is 1.60 bits per heavy atom. The molecule has 0 aromatic carbocycles. The average molecular weight is 212 g/mol. The van der Waals surface area contributed by atoms with Crippen LogP contribution in [0.4, 0.5) is 10.1 Å². The van der Waals surface area contributed by atoms with Crippen LogP contribution in [0.2, 0.25) is 0 Å². The van der Waals surface area contributed by atoms with Gasteiger partial charge in [0.25, 0.3) is 0 Å². The SMILES string of the molecule is CCCOCC(=O)Nc1ccc(F)nc1. The van der Waals surface area contributed by atoms with Crippen LogP contribution in [0.1, 0.15) is 13.3 Å². The minimum Gasteiger partial charge on any atom is -0.372 e. The van der Waals surface area contributed by atoms with Crippen molar-refractivity contribution in [1.82, 2.24) is 4.98 Å². The zero-order valence-electron chi connectivity index (χ0n) is 8.50. The van der Waals surface area contributed by atoms with Crippen LogP contribution in [0.3, 0.4) is 0 Å². The van der Waals surface area contributed by atoms with Crippen LogP contribution < -0.4 is 5.32 Å². The fraction of sp³-hybridized carbons (Fsp3) is 0.400. The summed E-state index contributed by atoms with van der Waals surface area (Å²) >= 11 is 0. The third-order valence-electron chi connectivity index (χ3n) is 1.59. The monoisotopic (exact) mass is 212 g/mol. The average Bonchev–Trinajstić information content (AvgIpc) is 2.22. The number of carbonyl (C=O) groups is 1. The summed E-state index contributed by atoms with van der Waals surface area (Å²) in [6.07, 6.45) is 2.12. The quantitative estimate of drug-likeness (QED) is 0.595. The zero-order chi connectivity index (χ0) is 11.1. The van der Waals surface area contributed by atoms with Gasteiger partial charge in [0.2, 0.25) is 11.9 Å². The van der Waals surface area contributed by atoms with Gasteiger partial charge >= 0.3 is 0 Å². The first-order chi connectivity index (χ1) is 7.22. The fourth-order valence-corrected chi connectivity index (χ4v) is 0.956. The number of hydrogen-bond acceptors (Lipinski definition) is 3. The van der Waals surface area contributed by atoms with Gasteiger partial charge in [0, 0.05) is 6.61 Å². The molecule has 1 aromatic heterocycles. The number of nitrogens with one attached hydrogen (secondary N) is 1. The third-order valence-corrected chi connectivity index (χ3v) is 1.59. The summed E-state index contributed by atoms with van der Waals surface area (Å²) in [4.78, 5) is 14.6. The van der Waals surface area contributed by atoms with E-state index in [0.717, 1.165) is 6.42 Å². The van der Waals surface area contributed by atoms with E-state index in [-0.39, 0.29) is 12.5 Å². The van der Waals surface area contributed by atoms with Gasteiger partial charge in [-0.2, -0.15) is 4.39 Å². The highest BCUT2D eigenvalue weighted by Crippen LogP contribution is 2.04. The molecule has 0 atom stereocenters. The lowest BCUT2D eigenvalue weighted by Crippen LogP contribution is -2.18. The van der Waals surface area contributed by atoms with Crippen molar-refractivity contribution < 1.29 is 13.9 Å².